The molecule has 5 fully saturated rings. The van der Waals surface area contributed by atoms with Crippen LogP contribution < -0.4 is 0 Å². The summed E-state index contributed by atoms with van der Waals surface area (Å²) in [4.78, 5) is 0. The highest BCUT2D eigenvalue weighted by Crippen LogP contribution is 2.75. The molecular formula is C22H33NO. The summed E-state index contributed by atoms with van der Waals surface area (Å²) in [5.41, 5.74) is 0.894. The predicted molar refractivity (Wildman–Crippen MR) is 94.0 cm³/mol. The quantitative estimate of drug-likeness (QED) is 0.676. The molecule has 5 saturated carbocycles. The lowest BCUT2D eigenvalue weighted by Crippen LogP contribution is -2.54. The highest BCUT2D eigenvalue weighted by atomic mass is 16.5. The molecule has 0 aromatic rings. The fourth-order valence-corrected chi connectivity index (χ4v) is 8.64. The van der Waals surface area contributed by atoms with Crippen molar-refractivity contribution in [1.82, 2.24) is 0 Å². The summed E-state index contributed by atoms with van der Waals surface area (Å²) >= 11 is 0. The lowest BCUT2D eigenvalue weighted by atomic mass is 9.44. The molecule has 5 aliphatic carbocycles. The summed E-state index contributed by atoms with van der Waals surface area (Å²) in [6, 6.07) is 2.75. The minimum atomic E-state index is 0.344. The van der Waals surface area contributed by atoms with E-state index in [0.717, 1.165) is 35.5 Å². The SMILES string of the molecule is COC1CC[C@@]2(C)C(CC[C@H]3[C@@H]4[C@@H]5C[C@@H]5C(C#N)[C@@]4(C)CC[C@@H]32)C1. The molecule has 10 atom stereocenters. The van der Waals surface area contributed by atoms with E-state index in [-0.39, 0.29) is 0 Å². The van der Waals surface area contributed by atoms with Crippen molar-refractivity contribution in [2.75, 3.05) is 7.11 Å². The van der Waals surface area contributed by atoms with Crippen molar-refractivity contribution in [3.8, 4) is 6.07 Å². The van der Waals surface area contributed by atoms with Gasteiger partial charge in [0.1, 0.15) is 0 Å². The molecule has 2 heteroatoms. The number of methoxy groups -OCH3 is 1. The van der Waals surface area contributed by atoms with Crippen LogP contribution in [0.25, 0.3) is 0 Å². The predicted octanol–water partition coefficient (Wildman–Crippen LogP) is 5.04. The summed E-state index contributed by atoms with van der Waals surface area (Å²) in [5.74, 6) is 5.61. The zero-order valence-electron chi connectivity index (χ0n) is 15.6. The van der Waals surface area contributed by atoms with Gasteiger partial charge >= 0.3 is 0 Å². The van der Waals surface area contributed by atoms with Gasteiger partial charge < -0.3 is 4.74 Å². The van der Waals surface area contributed by atoms with Crippen LogP contribution in [0.5, 0.6) is 0 Å². The largest absolute Gasteiger partial charge is 0.381 e. The van der Waals surface area contributed by atoms with E-state index >= 15 is 0 Å². The Bertz CT molecular complexity index is 581. The molecule has 0 bridgehead atoms. The Morgan fingerprint density at radius 1 is 0.917 bits per heavy atom. The third-order valence-electron chi connectivity index (χ3n) is 9.88. The fourth-order valence-electron chi connectivity index (χ4n) is 8.64. The molecule has 2 nitrogen and oxygen atoms in total. The maximum Gasteiger partial charge on any atom is 0.0664 e. The van der Waals surface area contributed by atoms with Crippen LogP contribution in [0.1, 0.15) is 65.2 Å². The fraction of sp³-hybridized carbons (Fsp3) is 0.955. The van der Waals surface area contributed by atoms with Crippen LogP contribution in [-0.2, 0) is 4.74 Å². The minimum absolute atomic E-state index is 0.344. The minimum Gasteiger partial charge on any atom is -0.381 e. The zero-order chi connectivity index (χ0) is 16.7. The summed E-state index contributed by atoms with van der Waals surface area (Å²) in [7, 11) is 1.90. The van der Waals surface area contributed by atoms with Crippen LogP contribution in [0.2, 0.25) is 0 Å². The Labute approximate surface area is 147 Å². The van der Waals surface area contributed by atoms with E-state index in [2.05, 4.69) is 19.9 Å². The maximum atomic E-state index is 9.79. The van der Waals surface area contributed by atoms with Crippen LogP contribution in [0, 0.1) is 63.6 Å². The normalized spacial score (nSPS) is 61.1. The highest BCUT2D eigenvalue weighted by Gasteiger charge is 2.70. The Balaban J connectivity index is 1.45. The highest BCUT2D eigenvalue weighted by molar-refractivity contribution is 5.22. The molecule has 3 unspecified atom stereocenters. The first kappa shape index (κ1) is 15.7. The van der Waals surface area contributed by atoms with Crippen molar-refractivity contribution in [2.45, 2.75) is 71.3 Å². The van der Waals surface area contributed by atoms with Gasteiger partial charge in [-0.3, -0.25) is 0 Å². The summed E-state index contributed by atoms with van der Waals surface area (Å²) < 4.78 is 5.72. The Hall–Kier alpha value is -0.550. The van der Waals surface area contributed by atoms with E-state index in [9.17, 15) is 5.26 Å². The molecule has 0 heterocycles. The van der Waals surface area contributed by atoms with Gasteiger partial charge in [0.15, 0.2) is 0 Å². The van der Waals surface area contributed by atoms with Crippen LogP contribution in [0.3, 0.4) is 0 Å². The molecule has 0 aliphatic heterocycles. The number of nitriles is 1. The van der Waals surface area contributed by atoms with Gasteiger partial charge in [-0.2, -0.15) is 5.26 Å². The van der Waals surface area contributed by atoms with Gasteiger partial charge in [0, 0.05) is 7.11 Å². The van der Waals surface area contributed by atoms with Crippen molar-refractivity contribution < 1.29 is 4.74 Å². The van der Waals surface area contributed by atoms with E-state index in [1.807, 2.05) is 7.11 Å². The molecule has 5 aliphatic rings. The topological polar surface area (TPSA) is 33.0 Å². The second-order valence-electron chi connectivity index (χ2n) is 10.4. The van der Waals surface area contributed by atoms with Gasteiger partial charge in [-0.15, -0.1) is 0 Å². The number of ether oxygens (including phenoxy) is 1. The van der Waals surface area contributed by atoms with Crippen LogP contribution >= 0.6 is 0 Å². The van der Waals surface area contributed by atoms with Crippen molar-refractivity contribution in [2.24, 2.45) is 52.3 Å². The second-order valence-corrected chi connectivity index (χ2v) is 10.4. The number of hydrogen-bond donors (Lipinski definition) is 0. The van der Waals surface area contributed by atoms with E-state index in [0.29, 0.717) is 22.9 Å². The zero-order valence-corrected chi connectivity index (χ0v) is 15.6. The number of rotatable bonds is 1. The van der Waals surface area contributed by atoms with E-state index in [1.165, 1.54) is 51.4 Å². The molecular weight excluding hydrogens is 294 g/mol. The van der Waals surface area contributed by atoms with Gasteiger partial charge in [-0.05, 0) is 97.7 Å². The van der Waals surface area contributed by atoms with E-state index in [1.54, 1.807) is 0 Å². The molecule has 24 heavy (non-hydrogen) atoms. The first-order valence-electron chi connectivity index (χ1n) is 10.5. The van der Waals surface area contributed by atoms with Gasteiger partial charge in [-0.1, -0.05) is 13.8 Å². The maximum absolute atomic E-state index is 9.79. The number of hydrogen-bond acceptors (Lipinski definition) is 2. The lowest BCUT2D eigenvalue weighted by molar-refractivity contribution is -0.134. The van der Waals surface area contributed by atoms with Gasteiger partial charge in [0.05, 0.1) is 18.1 Å². The monoisotopic (exact) mass is 327 g/mol. The van der Waals surface area contributed by atoms with Gasteiger partial charge in [-0.25, -0.2) is 0 Å². The summed E-state index contributed by atoms with van der Waals surface area (Å²) in [6.07, 6.45) is 11.4. The van der Waals surface area contributed by atoms with Crippen LogP contribution in [-0.4, -0.2) is 13.2 Å². The first-order chi connectivity index (χ1) is 11.5. The molecule has 5 rings (SSSR count). The Kier molecular flexibility index (Phi) is 3.27. The molecule has 0 saturated heterocycles. The molecule has 0 radical (unpaired) electrons. The molecule has 0 spiro atoms. The molecule has 132 valence electrons. The van der Waals surface area contributed by atoms with Crippen LogP contribution in [0.4, 0.5) is 0 Å². The molecule has 0 aromatic heterocycles. The molecule has 0 aromatic carbocycles. The van der Waals surface area contributed by atoms with E-state index in [4.69, 9.17) is 4.74 Å². The first-order valence-corrected chi connectivity index (χ1v) is 10.5. The standard InChI is InChI=1S/C22H33NO/c1-21-8-6-14(24-3)10-13(21)4-5-15-18(21)7-9-22(2)19(12-23)16-11-17(16)20(15)22/h13-20H,4-11H2,1-3H3/t13?,14?,15-,16+,17-,18+,19?,20-,21+,22-/m1/s1. The summed E-state index contributed by atoms with van der Waals surface area (Å²) in [6.45, 7) is 5.12. The lowest BCUT2D eigenvalue weighted by Gasteiger charge is -2.61. The summed E-state index contributed by atoms with van der Waals surface area (Å²) in [5, 5.41) is 9.79. The Morgan fingerprint density at radius 2 is 1.71 bits per heavy atom. The van der Waals surface area contributed by atoms with Gasteiger partial charge in [0.25, 0.3) is 0 Å². The third kappa shape index (κ3) is 1.81. The van der Waals surface area contributed by atoms with Crippen LogP contribution in [0.15, 0.2) is 0 Å². The van der Waals surface area contributed by atoms with Crippen molar-refractivity contribution >= 4 is 0 Å². The average molecular weight is 328 g/mol. The number of nitrogens with zero attached hydrogens (tertiary/aromatic N) is 1. The average Bonchev–Trinajstić information content (AvgIpc) is 3.29. The van der Waals surface area contributed by atoms with Gasteiger partial charge in [0.2, 0.25) is 0 Å². The second kappa shape index (κ2) is 5.00. The van der Waals surface area contributed by atoms with Crippen molar-refractivity contribution in [1.29, 1.82) is 5.26 Å². The smallest absolute Gasteiger partial charge is 0.0664 e. The van der Waals surface area contributed by atoms with Crippen molar-refractivity contribution in [3.05, 3.63) is 0 Å². The van der Waals surface area contributed by atoms with Crippen molar-refractivity contribution in [3.63, 3.8) is 0 Å². The molecule has 0 N–H and O–H groups in total. The van der Waals surface area contributed by atoms with E-state index < -0.39 is 0 Å². The number of fused-ring (bicyclic) bond motifs is 7. The molecule has 0 amide bonds. The third-order valence-corrected chi connectivity index (χ3v) is 9.88. The Morgan fingerprint density at radius 3 is 2.46 bits per heavy atom.